The van der Waals surface area contributed by atoms with Crippen molar-refractivity contribution in [1.29, 1.82) is 0 Å². The van der Waals surface area contributed by atoms with E-state index in [1.807, 2.05) is 43.1 Å². The second-order valence-electron chi connectivity index (χ2n) is 4.68. The molecular formula is C15H14Cl2N2O2. The van der Waals surface area contributed by atoms with E-state index < -0.39 is 5.97 Å². The van der Waals surface area contributed by atoms with E-state index in [0.717, 1.165) is 5.56 Å². The topological polar surface area (TPSA) is 53.4 Å². The number of benzene rings is 1. The third kappa shape index (κ3) is 3.46. The number of carboxylic acid groups (broad SMARTS) is 1. The summed E-state index contributed by atoms with van der Waals surface area (Å²) in [7, 11) is 1.85. The smallest absolute Gasteiger partial charge is 0.337 e. The summed E-state index contributed by atoms with van der Waals surface area (Å²) in [6.45, 7) is 1.99. The fraction of sp³-hybridized carbons (Fsp3) is 0.200. The van der Waals surface area contributed by atoms with Gasteiger partial charge in [0.25, 0.3) is 0 Å². The van der Waals surface area contributed by atoms with Crippen molar-refractivity contribution in [3.05, 3.63) is 57.7 Å². The predicted molar refractivity (Wildman–Crippen MR) is 84.5 cm³/mol. The molecule has 110 valence electrons. The quantitative estimate of drug-likeness (QED) is 0.911. The number of carbonyl (C=O) groups is 1. The molecule has 2 aromatic rings. The van der Waals surface area contributed by atoms with E-state index in [1.54, 1.807) is 0 Å². The molecule has 0 bridgehead atoms. The van der Waals surface area contributed by atoms with Gasteiger partial charge in [-0.1, -0.05) is 35.3 Å². The summed E-state index contributed by atoms with van der Waals surface area (Å²) >= 11 is 12.1. The molecular weight excluding hydrogens is 311 g/mol. The Balaban J connectivity index is 2.31. The highest BCUT2D eigenvalue weighted by Gasteiger charge is 2.17. The Bertz CT molecular complexity index is 676. The van der Waals surface area contributed by atoms with E-state index in [-0.39, 0.29) is 11.6 Å². The molecule has 0 saturated heterocycles. The lowest BCUT2D eigenvalue weighted by atomic mass is 10.1. The normalized spacial score (nSPS) is 12.0. The van der Waals surface area contributed by atoms with E-state index in [2.05, 4.69) is 4.98 Å². The van der Waals surface area contributed by atoms with Crippen molar-refractivity contribution in [3.63, 3.8) is 0 Å². The number of aromatic nitrogens is 1. The molecule has 1 N–H and O–H groups in total. The molecule has 4 nitrogen and oxygen atoms in total. The summed E-state index contributed by atoms with van der Waals surface area (Å²) < 4.78 is 0. The minimum absolute atomic E-state index is 0.00984. The molecule has 0 aliphatic heterocycles. The molecule has 1 aromatic heterocycles. The SMILES string of the molecule is CC(c1cccc(Cl)c1)N(C)c1ncc(C(=O)O)cc1Cl. The summed E-state index contributed by atoms with van der Waals surface area (Å²) in [6, 6.07) is 8.92. The van der Waals surface area contributed by atoms with Crippen LogP contribution in [0.25, 0.3) is 0 Å². The van der Waals surface area contributed by atoms with Gasteiger partial charge < -0.3 is 10.0 Å². The molecule has 1 aromatic carbocycles. The van der Waals surface area contributed by atoms with E-state index in [4.69, 9.17) is 28.3 Å². The predicted octanol–water partition coefficient (Wildman–Crippen LogP) is 4.28. The molecule has 0 saturated carbocycles. The van der Waals surface area contributed by atoms with Crippen LogP contribution in [0.2, 0.25) is 10.0 Å². The standard InChI is InChI=1S/C15H14Cl2N2O2/c1-9(10-4-3-5-12(16)6-10)19(2)14-13(17)7-11(8-18-14)15(20)21/h3-9H,1-2H3,(H,20,21). The van der Waals surface area contributed by atoms with Crippen molar-refractivity contribution in [2.45, 2.75) is 13.0 Å². The maximum Gasteiger partial charge on any atom is 0.337 e. The Morgan fingerprint density at radius 1 is 1.33 bits per heavy atom. The van der Waals surface area contributed by atoms with Crippen molar-refractivity contribution in [3.8, 4) is 0 Å². The second-order valence-corrected chi connectivity index (χ2v) is 5.52. The van der Waals surface area contributed by atoms with E-state index >= 15 is 0 Å². The van der Waals surface area contributed by atoms with Gasteiger partial charge in [-0.15, -0.1) is 0 Å². The number of hydrogen-bond acceptors (Lipinski definition) is 3. The third-order valence-corrected chi connectivity index (χ3v) is 3.83. The average Bonchev–Trinajstić information content (AvgIpc) is 2.45. The summed E-state index contributed by atoms with van der Waals surface area (Å²) in [6.07, 6.45) is 1.30. The first-order valence-electron chi connectivity index (χ1n) is 6.27. The van der Waals surface area contributed by atoms with Gasteiger partial charge in [-0.05, 0) is 30.7 Å². The zero-order chi connectivity index (χ0) is 15.6. The van der Waals surface area contributed by atoms with Gasteiger partial charge in [-0.3, -0.25) is 0 Å². The lowest BCUT2D eigenvalue weighted by Crippen LogP contribution is -2.23. The number of halogens is 2. The molecule has 0 radical (unpaired) electrons. The van der Waals surface area contributed by atoms with Crippen LogP contribution in [0.15, 0.2) is 36.5 Å². The molecule has 6 heteroatoms. The minimum Gasteiger partial charge on any atom is -0.478 e. The molecule has 1 unspecified atom stereocenters. The van der Waals surface area contributed by atoms with Crippen molar-refractivity contribution in [2.24, 2.45) is 0 Å². The van der Waals surface area contributed by atoms with Crippen molar-refractivity contribution >= 4 is 35.0 Å². The van der Waals surface area contributed by atoms with Crippen LogP contribution in [0, 0.1) is 0 Å². The summed E-state index contributed by atoms with van der Waals surface area (Å²) in [5.74, 6) is -0.532. The van der Waals surface area contributed by atoms with Gasteiger partial charge in [0, 0.05) is 18.3 Å². The number of hydrogen-bond donors (Lipinski definition) is 1. The second kappa shape index (κ2) is 6.33. The van der Waals surface area contributed by atoms with Gasteiger partial charge in [0.2, 0.25) is 0 Å². The summed E-state index contributed by atoms with van der Waals surface area (Å²) in [5.41, 5.74) is 1.08. The third-order valence-electron chi connectivity index (χ3n) is 3.31. The molecule has 0 fully saturated rings. The Morgan fingerprint density at radius 2 is 2.05 bits per heavy atom. The molecule has 2 rings (SSSR count). The fourth-order valence-corrected chi connectivity index (χ4v) is 2.48. The van der Waals surface area contributed by atoms with Gasteiger partial charge in [-0.25, -0.2) is 9.78 Å². The molecule has 0 spiro atoms. The number of rotatable bonds is 4. The Hall–Kier alpha value is -1.78. The number of aromatic carboxylic acids is 1. The van der Waals surface area contributed by atoms with E-state index in [9.17, 15) is 4.79 Å². The average molecular weight is 325 g/mol. The van der Waals surface area contributed by atoms with Crippen molar-refractivity contribution in [2.75, 3.05) is 11.9 Å². The first kappa shape index (κ1) is 15.6. The van der Waals surface area contributed by atoms with Crippen LogP contribution in [-0.2, 0) is 0 Å². The van der Waals surface area contributed by atoms with Gasteiger partial charge in [0.15, 0.2) is 0 Å². The first-order chi connectivity index (χ1) is 9.90. The van der Waals surface area contributed by atoms with Gasteiger partial charge in [0.05, 0.1) is 16.6 Å². The molecule has 1 atom stereocenters. The minimum atomic E-state index is -1.05. The lowest BCUT2D eigenvalue weighted by molar-refractivity contribution is 0.0696. The van der Waals surface area contributed by atoms with Crippen LogP contribution in [0.4, 0.5) is 5.82 Å². The van der Waals surface area contributed by atoms with Crippen LogP contribution in [0.1, 0.15) is 28.9 Å². The molecule has 0 amide bonds. The summed E-state index contributed by atoms with van der Waals surface area (Å²) in [5, 5.41) is 9.89. The Labute approximate surface area is 132 Å². The molecule has 0 aliphatic carbocycles. The zero-order valence-corrected chi connectivity index (χ0v) is 13.1. The zero-order valence-electron chi connectivity index (χ0n) is 11.5. The number of nitrogens with zero attached hydrogens (tertiary/aromatic N) is 2. The Kier molecular flexibility index (Phi) is 4.70. The van der Waals surface area contributed by atoms with Crippen molar-refractivity contribution in [1.82, 2.24) is 4.98 Å². The number of carboxylic acids is 1. The fourth-order valence-electron chi connectivity index (χ4n) is 1.98. The highest BCUT2D eigenvalue weighted by Crippen LogP contribution is 2.30. The largest absolute Gasteiger partial charge is 0.478 e. The monoisotopic (exact) mass is 324 g/mol. The van der Waals surface area contributed by atoms with Gasteiger partial charge in [0.1, 0.15) is 5.82 Å². The van der Waals surface area contributed by atoms with Gasteiger partial charge in [-0.2, -0.15) is 0 Å². The van der Waals surface area contributed by atoms with Crippen LogP contribution in [0.5, 0.6) is 0 Å². The molecule has 1 heterocycles. The molecule has 0 aliphatic rings. The highest BCUT2D eigenvalue weighted by atomic mass is 35.5. The van der Waals surface area contributed by atoms with Crippen LogP contribution in [-0.4, -0.2) is 23.1 Å². The lowest BCUT2D eigenvalue weighted by Gasteiger charge is -2.27. The van der Waals surface area contributed by atoms with Crippen LogP contribution >= 0.6 is 23.2 Å². The van der Waals surface area contributed by atoms with Crippen LogP contribution in [0.3, 0.4) is 0 Å². The Morgan fingerprint density at radius 3 is 2.62 bits per heavy atom. The maximum absolute atomic E-state index is 10.9. The van der Waals surface area contributed by atoms with Crippen molar-refractivity contribution < 1.29 is 9.90 Å². The number of anilines is 1. The van der Waals surface area contributed by atoms with E-state index in [1.165, 1.54) is 12.3 Å². The van der Waals surface area contributed by atoms with E-state index in [0.29, 0.717) is 15.9 Å². The number of pyridine rings is 1. The first-order valence-corrected chi connectivity index (χ1v) is 7.03. The maximum atomic E-state index is 10.9. The van der Waals surface area contributed by atoms with Gasteiger partial charge >= 0.3 is 5.97 Å². The summed E-state index contributed by atoms with van der Waals surface area (Å²) in [4.78, 5) is 16.9. The molecule has 21 heavy (non-hydrogen) atoms. The van der Waals surface area contributed by atoms with Crippen LogP contribution < -0.4 is 4.90 Å². The highest BCUT2D eigenvalue weighted by molar-refractivity contribution is 6.33.